The van der Waals surface area contributed by atoms with Crippen molar-refractivity contribution in [1.82, 2.24) is 19.4 Å². The number of likely N-dealkylation sites (tertiary alicyclic amines) is 1. The Morgan fingerprint density at radius 1 is 1.00 bits per heavy atom. The molecule has 1 aromatic carbocycles. The van der Waals surface area contributed by atoms with Crippen LogP contribution in [0.2, 0.25) is 0 Å². The minimum atomic E-state index is 0.157. The van der Waals surface area contributed by atoms with E-state index >= 15 is 0 Å². The van der Waals surface area contributed by atoms with Crippen LogP contribution < -0.4 is 0 Å². The van der Waals surface area contributed by atoms with Crippen molar-refractivity contribution in [2.75, 3.05) is 32.7 Å². The van der Waals surface area contributed by atoms with Crippen LogP contribution in [0.15, 0.2) is 35.7 Å². The molecule has 0 saturated carbocycles. The molecular weight excluding hydrogens is 476 g/mol. The van der Waals surface area contributed by atoms with Crippen molar-refractivity contribution >= 4 is 28.3 Å². The van der Waals surface area contributed by atoms with Crippen molar-refractivity contribution in [2.24, 2.45) is 11.8 Å². The molecule has 0 atom stereocenters. The molecule has 3 heterocycles. The molecule has 4 rings (SSSR count). The molecule has 1 fully saturated rings. The summed E-state index contributed by atoms with van der Waals surface area (Å²) in [5.74, 6) is 2.43. The number of benzene rings is 1. The fraction of sp³-hybridized carbons (Fsp3) is 0.613. The third-order valence-electron chi connectivity index (χ3n) is 7.53. The summed E-state index contributed by atoms with van der Waals surface area (Å²) in [5.41, 5.74) is 2.89. The fourth-order valence-electron chi connectivity index (χ4n) is 5.22. The highest BCUT2D eigenvalue weighted by Crippen LogP contribution is 2.24. The molecule has 0 aliphatic carbocycles. The molecule has 5 nitrogen and oxygen atoms in total. The van der Waals surface area contributed by atoms with Crippen molar-refractivity contribution in [2.45, 2.75) is 79.2 Å². The van der Waals surface area contributed by atoms with Crippen LogP contribution in [-0.2, 0) is 13.0 Å². The summed E-state index contributed by atoms with van der Waals surface area (Å²) in [6.45, 7) is 15.1. The van der Waals surface area contributed by atoms with E-state index in [1.807, 2.05) is 6.07 Å². The minimum absolute atomic E-state index is 0.157. The van der Waals surface area contributed by atoms with Gasteiger partial charge in [-0.05, 0) is 93.2 Å². The summed E-state index contributed by atoms with van der Waals surface area (Å²) in [5, 5.41) is 2.14. The van der Waals surface area contributed by atoms with Crippen LogP contribution in [0.25, 0.3) is 11.0 Å². The maximum atomic E-state index is 13.7. The molecule has 3 aromatic rings. The predicted molar refractivity (Wildman–Crippen MR) is 157 cm³/mol. The summed E-state index contributed by atoms with van der Waals surface area (Å²) >= 11 is 1.79. The highest BCUT2D eigenvalue weighted by atomic mass is 32.1. The number of carbonyl (C=O) groups excluding carboxylic acids is 1. The molecule has 1 amide bonds. The van der Waals surface area contributed by atoms with Gasteiger partial charge in [-0.1, -0.05) is 40.2 Å². The smallest absolute Gasteiger partial charge is 0.253 e. The van der Waals surface area contributed by atoms with E-state index in [4.69, 9.17) is 4.98 Å². The second-order valence-electron chi connectivity index (χ2n) is 11.6. The summed E-state index contributed by atoms with van der Waals surface area (Å²) in [4.78, 5) is 24.8. The lowest BCUT2D eigenvalue weighted by Crippen LogP contribution is -2.34. The monoisotopic (exact) mass is 522 g/mol. The number of rotatable bonds is 13. The largest absolute Gasteiger partial charge is 0.339 e. The molecule has 0 spiro atoms. The molecule has 2 aromatic heterocycles. The van der Waals surface area contributed by atoms with E-state index in [0.717, 1.165) is 74.3 Å². The lowest BCUT2D eigenvalue weighted by molar-refractivity contribution is 0.0741. The zero-order valence-corrected chi connectivity index (χ0v) is 24.2. The van der Waals surface area contributed by atoms with Gasteiger partial charge in [-0.3, -0.25) is 4.79 Å². The van der Waals surface area contributed by atoms with Gasteiger partial charge in [0.1, 0.15) is 5.82 Å². The molecule has 1 saturated heterocycles. The van der Waals surface area contributed by atoms with E-state index in [-0.39, 0.29) is 5.91 Å². The number of fused-ring (bicyclic) bond motifs is 1. The first-order valence-corrected chi connectivity index (χ1v) is 15.3. The maximum absolute atomic E-state index is 13.7. The number of nitrogens with zero attached hydrogens (tertiary/aromatic N) is 4. The summed E-state index contributed by atoms with van der Waals surface area (Å²) in [7, 11) is 0. The fourth-order valence-corrected chi connectivity index (χ4v) is 5.92. The average molecular weight is 523 g/mol. The molecule has 6 heteroatoms. The van der Waals surface area contributed by atoms with Crippen LogP contribution in [0.3, 0.4) is 0 Å². The number of amides is 1. The number of carbonyl (C=O) groups is 1. The minimum Gasteiger partial charge on any atom is -0.339 e. The Bertz CT molecular complexity index is 1100. The molecule has 0 bridgehead atoms. The Morgan fingerprint density at radius 3 is 2.38 bits per heavy atom. The van der Waals surface area contributed by atoms with Crippen LogP contribution in [0, 0.1) is 11.8 Å². The normalized spacial score (nSPS) is 14.8. The second-order valence-corrected chi connectivity index (χ2v) is 12.6. The molecule has 202 valence electrons. The van der Waals surface area contributed by atoms with Gasteiger partial charge in [-0.25, -0.2) is 4.98 Å². The Hall–Kier alpha value is -2.18. The van der Waals surface area contributed by atoms with Crippen LogP contribution in [0.4, 0.5) is 0 Å². The van der Waals surface area contributed by atoms with Crippen molar-refractivity contribution in [3.8, 4) is 0 Å². The Morgan fingerprint density at radius 2 is 1.73 bits per heavy atom. The lowest BCUT2D eigenvalue weighted by Gasteiger charge is -2.26. The molecule has 1 aliphatic rings. The van der Waals surface area contributed by atoms with E-state index in [1.54, 1.807) is 11.3 Å². The van der Waals surface area contributed by atoms with E-state index in [1.165, 1.54) is 37.2 Å². The van der Waals surface area contributed by atoms with Crippen molar-refractivity contribution in [1.29, 1.82) is 0 Å². The van der Waals surface area contributed by atoms with Crippen LogP contribution in [0.5, 0.6) is 0 Å². The number of hydrogen-bond acceptors (Lipinski definition) is 4. The first-order chi connectivity index (χ1) is 17.9. The van der Waals surface area contributed by atoms with Gasteiger partial charge in [0, 0.05) is 36.5 Å². The third kappa shape index (κ3) is 7.90. The molecular formula is C31H46N4OS. The number of thiophene rings is 1. The second kappa shape index (κ2) is 13.6. The quantitative estimate of drug-likeness (QED) is 0.240. The van der Waals surface area contributed by atoms with Gasteiger partial charge in [0.25, 0.3) is 5.91 Å². The zero-order chi connectivity index (χ0) is 26.2. The predicted octanol–water partition coefficient (Wildman–Crippen LogP) is 7.10. The van der Waals surface area contributed by atoms with E-state index in [2.05, 4.69) is 71.7 Å². The van der Waals surface area contributed by atoms with Crippen LogP contribution in [-0.4, -0.2) is 58.0 Å². The number of imidazole rings is 1. The number of hydrogen-bond donors (Lipinski definition) is 0. The summed E-state index contributed by atoms with van der Waals surface area (Å²) in [6.07, 6.45) is 8.04. The maximum Gasteiger partial charge on any atom is 0.253 e. The topological polar surface area (TPSA) is 41.4 Å². The molecule has 37 heavy (non-hydrogen) atoms. The number of aromatic nitrogens is 2. The van der Waals surface area contributed by atoms with Crippen LogP contribution >= 0.6 is 11.3 Å². The van der Waals surface area contributed by atoms with E-state index < -0.39 is 0 Å². The number of aryl methyl sites for hydroxylation is 1. The Labute approximate surface area is 227 Å². The van der Waals surface area contributed by atoms with Gasteiger partial charge in [0.05, 0.1) is 11.0 Å². The van der Waals surface area contributed by atoms with Gasteiger partial charge in [-0.15, -0.1) is 11.3 Å². The molecule has 1 aliphatic heterocycles. The van der Waals surface area contributed by atoms with Crippen molar-refractivity contribution in [3.63, 3.8) is 0 Å². The van der Waals surface area contributed by atoms with Gasteiger partial charge in [0.15, 0.2) is 0 Å². The molecule has 0 radical (unpaired) electrons. The summed E-state index contributed by atoms with van der Waals surface area (Å²) < 4.78 is 2.39. The third-order valence-corrected chi connectivity index (χ3v) is 8.41. The SMILES string of the molecule is CC(C)CCN(CCC(C)C)C(=O)c1ccc2nc(Cc3cccs3)n(CCCN3CCCCC3)c2c1. The standard InChI is InChI=1S/C31H46N4OS/c1-24(2)13-19-34(20-14-25(3)4)31(36)26-11-12-28-29(22-26)35(18-9-17-33-15-6-5-7-16-33)30(32-28)23-27-10-8-21-37-27/h8,10-12,21-22,24-25H,5-7,9,13-20,23H2,1-4H3. The highest BCUT2D eigenvalue weighted by molar-refractivity contribution is 7.09. The average Bonchev–Trinajstić information content (AvgIpc) is 3.52. The van der Waals surface area contributed by atoms with E-state index in [0.29, 0.717) is 11.8 Å². The van der Waals surface area contributed by atoms with Gasteiger partial charge < -0.3 is 14.4 Å². The first-order valence-electron chi connectivity index (χ1n) is 14.4. The highest BCUT2D eigenvalue weighted by Gasteiger charge is 2.20. The van der Waals surface area contributed by atoms with Gasteiger partial charge in [-0.2, -0.15) is 0 Å². The Balaban J connectivity index is 1.58. The molecule has 0 unspecified atom stereocenters. The lowest BCUT2D eigenvalue weighted by atomic mass is 10.1. The van der Waals surface area contributed by atoms with Crippen molar-refractivity contribution in [3.05, 3.63) is 52.0 Å². The van der Waals surface area contributed by atoms with Gasteiger partial charge >= 0.3 is 0 Å². The number of piperidine rings is 1. The zero-order valence-electron chi connectivity index (χ0n) is 23.4. The van der Waals surface area contributed by atoms with E-state index in [9.17, 15) is 4.79 Å². The summed E-state index contributed by atoms with van der Waals surface area (Å²) in [6, 6.07) is 10.5. The van der Waals surface area contributed by atoms with Gasteiger partial charge in [0.2, 0.25) is 0 Å². The first kappa shape index (κ1) is 27.8. The van der Waals surface area contributed by atoms with Crippen molar-refractivity contribution < 1.29 is 4.79 Å². The Kier molecular flexibility index (Phi) is 10.2. The van der Waals surface area contributed by atoms with Crippen LogP contribution in [0.1, 0.15) is 87.3 Å². The molecule has 0 N–H and O–H groups in total.